The molecule has 2 atom stereocenters. The third-order valence-electron chi connectivity index (χ3n) is 2.74. The first kappa shape index (κ1) is 10.6. The van der Waals surface area contributed by atoms with Gasteiger partial charge in [0.2, 0.25) is 5.89 Å². The fourth-order valence-electron chi connectivity index (χ4n) is 1.71. The Balaban J connectivity index is 2.14. The van der Waals surface area contributed by atoms with E-state index >= 15 is 0 Å². The Kier molecular flexibility index (Phi) is 3.02. The summed E-state index contributed by atoms with van der Waals surface area (Å²) in [5, 5.41) is 7.16. The molecular formula is C10H17N3O2. The Morgan fingerprint density at radius 2 is 2.20 bits per heavy atom. The van der Waals surface area contributed by atoms with Crippen molar-refractivity contribution in [2.24, 2.45) is 0 Å². The summed E-state index contributed by atoms with van der Waals surface area (Å²) in [5.74, 6) is 1.95. The number of aromatic nitrogens is 2. The number of likely N-dealkylation sites (N-methyl/N-ethyl adjacent to an activating group) is 1. The van der Waals surface area contributed by atoms with Gasteiger partial charge in [-0.3, -0.25) is 0 Å². The van der Waals surface area contributed by atoms with Gasteiger partial charge in [-0.05, 0) is 7.05 Å². The molecule has 0 bridgehead atoms. The molecule has 0 spiro atoms. The maximum absolute atomic E-state index is 5.39. The van der Waals surface area contributed by atoms with Crippen LogP contribution in [-0.2, 0) is 4.74 Å². The van der Waals surface area contributed by atoms with Gasteiger partial charge in [-0.15, -0.1) is 0 Å². The molecule has 15 heavy (non-hydrogen) atoms. The van der Waals surface area contributed by atoms with Gasteiger partial charge in [-0.1, -0.05) is 19.0 Å². The standard InChI is InChI=1S/C10H17N3O2/c1-6(2)9-12-10(15-13-9)7-4-14-5-8(7)11-3/h6-8,11H,4-5H2,1-3H3. The van der Waals surface area contributed by atoms with E-state index in [0.717, 1.165) is 5.82 Å². The summed E-state index contributed by atoms with van der Waals surface area (Å²) < 4.78 is 10.7. The van der Waals surface area contributed by atoms with E-state index in [-0.39, 0.29) is 12.0 Å². The Bertz CT molecular complexity index is 324. The first-order valence-electron chi connectivity index (χ1n) is 5.31. The van der Waals surface area contributed by atoms with Crippen molar-refractivity contribution in [3.8, 4) is 0 Å². The molecule has 0 aromatic carbocycles. The molecule has 0 saturated carbocycles. The quantitative estimate of drug-likeness (QED) is 0.804. The molecule has 2 unspecified atom stereocenters. The van der Waals surface area contributed by atoms with Crippen molar-refractivity contribution in [3.05, 3.63) is 11.7 Å². The highest BCUT2D eigenvalue weighted by molar-refractivity contribution is 5.03. The minimum atomic E-state index is 0.190. The van der Waals surface area contributed by atoms with Gasteiger partial charge in [0.15, 0.2) is 5.82 Å². The van der Waals surface area contributed by atoms with Gasteiger partial charge in [0, 0.05) is 12.0 Å². The normalized spacial score (nSPS) is 26.4. The van der Waals surface area contributed by atoms with Gasteiger partial charge in [0.05, 0.1) is 19.1 Å². The molecule has 5 nitrogen and oxygen atoms in total. The van der Waals surface area contributed by atoms with E-state index in [2.05, 4.69) is 29.3 Å². The summed E-state index contributed by atoms with van der Waals surface area (Å²) in [6.45, 7) is 5.47. The van der Waals surface area contributed by atoms with Crippen LogP contribution in [0.2, 0.25) is 0 Å². The molecule has 1 aliphatic rings. The van der Waals surface area contributed by atoms with Gasteiger partial charge in [-0.2, -0.15) is 4.98 Å². The first-order chi connectivity index (χ1) is 7.22. The zero-order valence-corrected chi connectivity index (χ0v) is 9.36. The molecule has 1 aromatic heterocycles. The van der Waals surface area contributed by atoms with E-state index < -0.39 is 0 Å². The molecular weight excluding hydrogens is 194 g/mol. The average Bonchev–Trinajstić information content (AvgIpc) is 2.85. The summed E-state index contributed by atoms with van der Waals surface area (Å²) in [7, 11) is 1.92. The second-order valence-corrected chi connectivity index (χ2v) is 4.18. The fourth-order valence-corrected chi connectivity index (χ4v) is 1.71. The highest BCUT2D eigenvalue weighted by Gasteiger charge is 2.33. The first-order valence-corrected chi connectivity index (χ1v) is 5.31. The molecule has 2 heterocycles. The van der Waals surface area contributed by atoms with E-state index in [1.807, 2.05) is 7.05 Å². The Morgan fingerprint density at radius 3 is 2.80 bits per heavy atom. The lowest BCUT2D eigenvalue weighted by molar-refractivity contribution is 0.185. The van der Waals surface area contributed by atoms with Crippen molar-refractivity contribution < 1.29 is 9.26 Å². The molecule has 1 aliphatic heterocycles. The van der Waals surface area contributed by atoms with Gasteiger partial charge >= 0.3 is 0 Å². The lowest BCUT2D eigenvalue weighted by Gasteiger charge is -2.11. The number of nitrogens with zero attached hydrogens (tertiary/aromatic N) is 2. The molecule has 0 radical (unpaired) electrons. The van der Waals surface area contributed by atoms with E-state index in [9.17, 15) is 0 Å². The Morgan fingerprint density at radius 1 is 1.40 bits per heavy atom. The molecule has 5 heteroatoms. The van der Waals surface area contributed by atoms with Crippen molar-refractivity contribution >= 4 is 0 Å². The fraction of sp³-hybridized carbons (Fsp3) is 0.800. The Labute approximate surface area is 89.2 Å². The Hall–Kier alpha value is -0.940. The third-order valence-corrected chi connectivity index (χ3v) is 2.74. The molecule has 0 amide bonds. The number of nitrogens with one attached hydrogen (secondary N) is 1. The van der Waals surface area contributed by atoms with E-state index in [1.165, 1.54) is 0 Å². The van der Waals surface area contributed by atoms with Crippen molar-refractivity contribution in [3.63, 3.8) is 0 Å². The second-order valence-electron chi connectivity index (χ2n) is 4.18. The number of ether oxygens (including phenoxy) is 1. The second kappa shape index (κ2) is 4.28. The average molecular weight is 211 g/mol. The monoisotopic (exact) mass is 211 g/mol. The molecule has 1 saturated heterocycles. The maximum atomic E-state index is 5.39. The zero-order chi connectivity index (χ0) is 10.8. The van der Waals surface area contributed by atoms with Crippen LogP contribution in [-0.4, -0.2) is 36.4 Å². The highest BCUT2D eigenvalue weighted by Crippen LogP contribution is 2.25. The van der Waals surface area contributed by atoms with Crippen molar-refractivity contribution in [2.75, 3.05) is 20.3 Å². The van der Waals surface area contributed by atoms with Crippen LogP contribution in [0, 0.1) is 0 Å². The molecule has 1 fully saturated rings. The zero-order valence-electron chi connectivity index (χ0n) is 9.36. The number of hydrogen-bond acceptors (Lipinski definition) is 5. The lowest BCUT2D eigenvalue weighted by atomic mass is 10.0. The van der Waals surface area contributed by atoms with Gasteiger partial charge in [-0.25, -0.2) is 0 Å². The number of rotatable bonds is 3. The van der Waals surface area contributed by atoms with E-state index in [1.54, 1.807) is 0 Å². The van der Waals surface area contributed by atoms with Gasteiger partial charge in [0.25, 0.3) is 0 Å². The smallest absolute Gasteiger partial charge is 0.233 e. The van der Waals surface area contributed by atoms with E-state index in [4.69, 9.17) is 9.26 Å². The van der Waals surface area contributed by atoms with Crippen LogP contribution in [0.1, 0.15) is 37.4 Å². The summed E-state index contributed by atoms with van der Waals surface area (Å²) >= 11 is 0. The van der Waals surface area contributed by atoms with Crippen LogP contribution in [0.3, 0.4) is 0 Å². The molecule has 2 rings (SSSR count). The van der Waals surface area contributed by atoms with Crippen LogP contribution in [0.5, 0.6) is 0 Å². The lowest BCUT2D eigenvalue weighted by Crippen LogP contribution is -2.31. The van der Waals surface area contributed by atoms with Crippen LogP contribution < -0.4 is 5.32 Å². The molecule has 84 valence electrons. The molecule has 1 N–H and O–H groups in total. The van der Waals surface area contributed by atoms with Crippen LogP contribution in [0.15, 0.2) is 4.52 Å². The summed E-state index contributed by atoms with van der Waals surface area (Å²) in [6, 6.07) is 0.283. The minimum Gasteiger partial charge on any atom is -0.379 e. The van der Waals surface area contributed by atoms with Crippen molar-refractivity contribution in [2.45, 2.75) is 31.7 Å². The number of hydrogen-bond donors (Lipinski definition) is 1. The van der Waals surface area contributed by atoms with Crippen LogP contribution in [0.25, 0.3) is 0 Å². The summed E-state index contributed by atoms with van der Waals surface area (Å²) in [6.07, 6.45) is 0. The SMILES string of the molecule is CNC1COCC1c1nc(C(C)C)no1. The molecule has 0 aliphatic carbocycles. The van der Waals surface area contributed by atoms with Crippen molar-refractivity contribution in [1.82, 2.24) is 15.5 Å². The van der Waals surface area contributed by atoms with Crippen LogP contribution in [0.4, 0.5) is 0 Å². The van der Waals surface area contributed by atoms with E-state index in [0.29, 0.717) is 25.0 Å². The predicted octanol–water partition coefficient (Wildman–Crippen LogP) is 0.895. The highest BCUT2D eigenvalue weighted by atomic mass is 16.5. The molecule has 1 aromatic rings. The van der Waals surface area contributed by atoms with Gasteiger partial charge < -0.3 is 14.6 Å². The predicted molar refractivity (Wildman–Crippen MR) is 54.8 cm³/mol. The topological polar surface area (TPSA) is 60.2 Å². The van der Waals surface area contributed by atoms with Gasteiger partial charge in [0.1, 0.15) is 0 Å². The summed E-state index contributed by atoms with van der Waals surface area (Å²) in [4.78, 5) is 4.39. The maximum Gasteiger partial charge on any atom is 0.233 e. The third kappa shape index (κ3) is 2.03. The largest absolute Gasteiger partial charge is 0.379 e. The van der Waals surface area contributed by atoms with Crippen LogP contribution >= 0.6 is 0 Å². The van der Waals surface area contributed by atoms with Crippen molar-refractivity contribution in [1.29, 1.82) is 0 Å². The summed E-state index contributed by atoms with van der Waals surface area (Å²) in [5.41, 5.74) is 0. The minimum absolute atomic E-state index is 0.190.